The highest BCUT2D eigenvalue weighted by atomic mass is 19.4. The molecule has 7 heteroatoms. The fraction of sp³-hybridized carbons (Fsp3) is 0.214. The molecule has 0 saturated carbocycles. The lowest BCUT2D eigenvalue weighted by molar-refractivity contribution is -0.141. The second kappa shape index (κ2) is 5.67. The summed E-state index contributed by atoms with van der Waals surface area (Å²) in [6.07, 6.45) is -3.49. The number of halogens is 5. The predicted molar refractivity (Wildman–Crippen MR) is 67.6 cm³/mol. The van der Waals surface area contributed by atoms with Crippen LogP contribution in [0.2, 0.25) is 0 Å². The first kappa shape index (κ1) is 15.2. The normalized spacial score (nSPS) is 13.0. The largest absolute Gasteiger partial charge is 0.433 e. The van der Waals surface area contributed by atoms with E-state index < -0.39 is 29.5 Å². The number of hydrogen-bond acceptors (Lipinski definition) is 2. The number of anilines is 1. The molecule has 1 N–H and O–H groups in total. The van der Waals surface area contributed by atoms with Crippen molar-refractivity contribution in [3.8, 4) is 0 Å². The predicted octanol–water partition coefficient (Wildman–Crippen LogP) is 4.55. The molecule has 0 aliphatic rings. The molecule has 0 saturated heterocycles. The van der Waals surface area contributed by atoms with E-state index in [1.807, 2.05) is 0 Å². The average Bonchev–Trinajstić information content (AvgIpc) is 2.38. The van der Waals surface area contributed by atoms with E-state index >= 15 is 0 Å². The van der Waals surface area contributed by atoms with Gasteiger partial charge in [0.1, 0.15) is 17.3 Å². The van der Waals surface area contributed by atoms with E-state index in [0.29, 0.717) is 5.69 Å². The van der Waals surface area contributed by atoms with E-state index in [1.165, 1.54) is 12.1 Å². The molecule has 1 aromatic heterocycles. The Balaban J connectivity index is 2.14. The van der Waals surface area contributed by atoms with Gasteiger partial charge < -0.3 is 5.32 Å². The van der Waals surface area contributed by atoms with Gasteiger partial charge in [0.2, 0.25) is 0 Å². The Hall–Kier alpha value is -2.18. The summed E-state index contributed by atoms with van der Waals surface area (Å²) in [4.78, 5) is 3.29. The lowest BCUT2D eigenvalue weighted by Gasteiger charge is -2.16. The Morgan fingerprint density at radius 2 is 1.81 bits per heavy atom. The topological polar surface area (TPSA) is 24.9 Å². The summed E-state index contributed by atoms with van der Waals surface area (Å²) in [5.41, 5.74) is -0.496. The van der Waals surface area contributed by atoms with Crippen molar-refractivity contribution in [2.45, 2.75) is 19.1 Å². The van der Waals surface area contributed by atoms with Crippen LogP contribution in [-0.2, 0) is 6.18 Å². The number of hydrogen-bond donors (Lipinski definition) is 1. The Bertz CT molecular complexity index is 622. The van der Waals surface area contributed by atoms with Crippen molar-refractivity contribution in [2.24, 2.45) is 0 Å². The van der Waals surface area contributed by atoms with Gasteiger partial charge in [-0.2, -0.15) is 13.2 Å². The number of rotatable bonds is 3. The Morgan fingerprint density at radius 3 is 2.33 bits per heavy atom. The molecule has 1 unspecified atom stereocenters. The first-order valence-electron chi connectivity index (χ1n) is 6.02. The molecule has 1 aromatic carbocycles. The molecule has 0 fully saturated rings. The highest BCUT2D eigenvalue weighted by Crippen LogP contribution is 2.28. The van der Waals surface area contributed by atoms with E-state index in [0.717, 1.165) is 24.4 Å². The molecule has 0 bridgehead atoms. The summed E-state index contributed by atoms with van der Waals surface area (Å²) in [7, 11) is 0. The van der Waals surface area contributed by atoms with Crippen LogP contribution in [0, 0.1) is 11.6 Å². The minimum absolute atomic E-state index is 0.205. The number of alkyl halides is 3. The van der Waals surface area contributed by atoms with Gasteiger partial charge in [0, 0.05) is 11.6 Å². The summed E-state index contributed by atoms with van der Waals surface area (Å²) >= 11 is 0. The quantitative estimate of drug-likeness (QED) is 0.841. The fourth-order valence-electron chi connectivity index (χ4n) is 1.83. The maximum absolute atomic E-state index is 13.6. The third kappa shape index (κ3) is 3.68. The molecule has 2 nitrogen and oxygen atoms in total. The van der Waals surface area contributed by atoms with Crippen molar-refractivity contribution in [3.05, 3.63) is 59.4 Å². The maximum Gasteiger partial charge on any atom is 0.433 e. The summed E-state index contributed by atoms with van der Waals surface area (Å²) in [5, 5.41) is 2.80. The fourth-order valence-corrected chi connectivity index (χ4v) is 1.83. The minimum atomic E-state index is -4.51. The second-order valence-electron chi connectivity index (χ2n) is 4.46. The number of pyridine rings is 1. The molecule has 0 amide bonds. The molecule has 112 valence electrons. The van der Waals surface area contributed by atoms with Crippen LogP contribution in [0.1, 0.15) is 24.2 Å². The van der Waals surface area contributed by atoms with Crippen LogP contribution >= 0.6 is 0 Å². The molecule has 2 rings (SSSR count). The molecule has 0 aliphatic heterocycles. The molecule has 2 aromatic rings. The van der Waals surface area contributed by atoms with Crippen LogP contribution < -0.4 is 5.32 Å². The van der Waals surface area contributed by atoms with Crippen molar-refractivity contribution in [1.82, 2.24) is 4.98 Å². The van der Waals surface area contributed by atoms with Crippen LogP contribution in [0.5, 0.6) is 0 Å². The van der Waals surface area contributed by atoms with Crippen molar-refractivity contribution in [2.75, 3.05) is 5.32 Å². The first-order chi connectivity index (χ1) is 9.77. The van der Waals surface area contributed by atoms with Gasteiger partial charge in [0.25, 0.3) is 0 Å². The average molecular weight is 302 g/mol. The van der Waals surface area contributed by atoms with Crippen LogP contribution in [0.15, 0.2) is 36.5 Å². The van der Waals surface area contributed by atoms with E-state index in [9.17, 15) is 22.0 Å². The van der Waals surface area contributed by atoms with Gasteiger partial charge >= 0.3 is 6.18 Å². The third-order valence-corrected chi connectivity index (χ3v) is 2.87. The summed E-state index contributed by atoms with van der Waals surface area (Å²) in [5.74, 6) is -1.42. The van der Waals surface area contributed by atoms with Crippen LogP contribution in [0.3, 0.4) is 0 Å². The third-order valence-electron chi connectivity index (χ3n) is 2.87. The zero-order valence-corrected chi connectivity index (χ0v) is 10.9. The highest BCUT2D eigenvalue weighted by molar-refractivity contribution is 5.44. The molecule has 1 heterocycles. The van der Waals surface area contributed by atoms with Gasteiger partial charge in [-0.25, -0.2) is 13.8 Å². The lowest BCUT2D eigenvalue weighted by atomic mass is 10.1. The van der Waals surface area contributed by atoms with E-state index in [1.54, 1.807) is 6.92 Å². The minimum Gasteiger partial charge on any atom is -0.377 e. The van der Waals surface area contributed by atoms with Crippen molar-refractivity contribution < 1.29 is 22.0 Å². The SMILES string of the molecule is CC(Nc1ccc(C(F)(F)F)nc1)c1ccc(F)cc1F. The maximum atomic E-state index is 13.6. The van der Waals surface area contributed by atoms with E-state index in [2.05, 4.69) is 10.3 Å². The second-order valence-corrected chi connectivity index (χ2v) is 4.46. The Kier molecular flexibility index (Phi) is 4.11. The van der Waals surface area contributed by atoms with Gasteiger partial charge in [0.05, 0.1) is 17.9 Å². The first-order valence-corrected chi connectivity index (χ1v) is 6.02. The van der Waals surface area contributed by atoms with Gasteiger partial charge in [-0.3, -0.25) is 0 Å². The van der Waals surface area contributed by atoms with Gasteiger partial charge in [-0.15, -0.1) is 0 Å². The Morgan fingerprint density at radius 1 is 1.10 bits per heavy atom. The van der Waals surface area contributed by atoms with Gasteiger partial charge in [-0.1, -0.05) is 6.07 Å². The summed E-state index contributed by atoms with van der Waals surface area (Å²) in [6, 6.07) is 4.62. The number of aromatic nitrogens is 1. The zero-order valence-electron chi connectivity index (χ0n) is 10.9. The van der Waals surface area contributed by atoms with Gasteiger partial charge in [-0.05, 0) is 25.1 Å². The molecule has 0 aliphatic carbocycles. The highest BCUT2D eigenvalue weighted by Gasteiger charge is 2.32. The van der Waals surface area contributed by atoms with E-state index in [4.69, 9.17) is 0 Å². The van der Waals surface area contributed by atoms with Crippen LogP contribution in [0.25, 0.3) is 0 Å². The van der Waals surface area contributed by atoms with E-state index in [-0.39, 0.29) is 5.56 Å². The van der Waals surface area contributed by atoms with Crippen LogP contribution in [0.4, 0.5) is 27.6 Å². The number of nitrogens with zero attached hydrogens (tertiary/aromatic N) is 1. The summed E-state index contributed by atoms with van der Waals surface area (Å²) < 4.78 is 63.5. The van der Waals surface area contributed by atoms with Crippen LogP contribution in [-0.4, -0.2) is 4.98 Å². The number of nitrogens with one attached hydrogen (secondary N) is 1. The zero-order chi connectivity index (χ0) is 15.6. The van der Waals surface area contributed by atoms with Crippen molar-refractivity contribution in [3.63, 3.8) is 0 Å². The smallest absolute Gasteiger partial charge is 0.377 e. The monoisotopic (exact) mass is 302 g/mol. The molecule has 0 radical (unpaired) electrons. The Labute approximate surface area is 117 Å². The van der Waals surface area contributed by atoms with Crippen molar-refractivity contribution in [1.29, 1.82) is 0 Å². The lowest BCUT2D eigenvalue weighted by Crippen LogP contribution is -2.11. The summed E-state index contributed by atoms with van der Waals surface area (Å²) in [6.45, 7) is 1.61. The molecule has 1 atom stereocenters. The molecule has 21 heavy (non-hydrogen) atoms. The number of benzene rings is 1. The molecular weight excluding hydrogens is 291 g/mol. The van der Waals surface area contributed by atoms with Gasteiger partial charge in [0.15, 0.2) is 0 Å². The molecule has 0 spiro atoms. The van der Waals surface area contributed by atoms with Crippen molar-refractivity contribution >= 4 is 5.69 Å². The standard InChI is InChI=1S/C14H11F5N2/c1-8(11-4-2-9(15)6-12(11)16)21-10-3-5-13(20-7-10)14(17,18)19/h2-8,21H,1H3. The molecular formula is C14H11F5N2.